The van der Waals surface area contributed by atoms with E-state index in [0.29, 0.717) is 11.4 Å². The smallest absolute Gasteiger partial charge is 0.211 e. The fraction of sp³-hybridized carbons (Fsp3) is 0.222. The van der Waals surface area contributed by atoms with E-state index in [1.807, 2.05) is 43.3 Å². The van der Waals surface area contributed by atoms with Crippen molar-refractivity contribution in [2.24, 2.45) is 0 Å². The molecule has 1 N–H and O–H groups in total. The predicted molar refractivity (Wildman–Crippen MR) is 90.4 cm³/mol. The molecule has 2 aromatic carbocycles. The summed E-state index contributed by atoms with van der Waals surface area (Å²) in [5.74, 6) is 0.0823. The van der Waals surface area contributed by atoms with Gasteiger partial charge in [-0.2, -0.15) is 0 Å². The number of sulfonamides is 1. The minimum absolute atomic E-state index is 0.0823. The van der Waals surface area contributed by atoms with E-state index in [-0.39, 0.29) is 5.92 Å². The van der Waals surface area contributed by atoms with Crippen molar-refractivity contribution < 1.29 is 8.42 Å². The zero-order valence-electron chi connectivity index (χ0n) is 12.7. The van der Waals surface area contributed by atoms with E-state index >= 15 is 0 Å². The number of benzene rings is 2. The molecule has 1 atom stereocenters. The molecule has 4 heteroatoms. The van der Waals surface area contributed by atoms with Gasteiger partial charge in [0.15, 0.2) is 0 Å². The van der Waals surface area contributed by atoms with Crippen molar-refractivity contribution in [2.45, 2.75) is 24.2 Å². The van der Waals surface area contributed by atoms with Crippen LogP contribution in [0.2, 0.25) is 0 Å². The number of hydrogen-bond donors (Lipinski definition) is 1. The summed E-state index contributed by atoms with van der Waals surface area (Å²) in [7, 11) is -3.48. The Balaban J connectivity index is 2.11. The Morgan fingerprint density at radius 1 is 1.09 bits per heavy atom. The van der Waals surface area contributed by atoms with Gasteiger partial charge in [-0.3, -0.25) is 0 Å². The summed E-state index contributed by atoms with van der Waals surface area (Å²) in [6.45, 7) is 6.04. The minimum atomic E-state index is -3.48. The van der Waals surface area contributed by atoms with E-state index in [1.54, 1.807) is 24.3 Å². The van der Waals surface area contributed by atoms with E-state index in [0.717, 1.165) is 17.5 Å². The summed E-state index contributed by atoms with van der Waals surface area (Å²) < 4.78 is 27.4. The quantitative estimate of drug-likeness (QED) is 0.793. The second kappa shape index (κ2) is 7.38. The van der Waals surface area contributed by atoms with Crippen molar-refractivity contribution in [2.75, 3.05) is 6.54 Å². The molecule has 2 rings (SSSR count). The molecule has 0 aromatic heterocycles. The van der Waals surface area contributed by atoms with E-state index in [9.17, 15) is 8.42 Å². The van der Waals surface area contributed by atoms with Gasteiger partial charge in [0.2, 0.25) is 10.0 Å². The molecule has 0 aliphatic rings. The maximum atomic E-state index is 12.3. The van der Waals surface area contributed by atoms with Gasteiger partial charge in [0.25, 0.3) is 0 Å². The SMILES string of the molecule is C=CC[C@H](CNS(=O)(=O)c1ccc(C)cc1)c1ccccc1. The summed E-state index contributed by atoms with van der Waals surface area (Å²) >= 11 is 0. The molecule has 116 valence electrons. The second-order valence-corrected chi connectivity index (χ2v) is 7.06. The molecule has 0 aliphatic heterocycles. The van der Waals surface area contributed by atoms with Crippen LogP contribution in [-0.4, -0.2) is 15.0 Å². The Bertz CT molecular complexity index is 707. The molecule has 0 fully saturated rings. The lowest BCUT2D eigenvalue weighted by atomic mass is 9.96. The molecular weight excluding hydrogens is 294 g/mol. The number of aryl methyl sites for hydroxylation is 1. The van der Waals surface area contributed by atoms with Gasteiger partial charge < -0.3 is 0 Å². The first-order chi connectivity index (χ1) is 10.5. The van der Waals surface area contributed by atoms with Gasteiger partial charge in [-0.15, -0.1) is 6.58 Å². The number of allylic oxidation sites excluding steroid dienone is 1. The minimum Gasteiger partial charge on any atom is -0.211 e. The largest absolute Gasteiger partial charge is 0.240 e. The highest BCUT2D eigenvalue weighted by Crippen LogP contribution is 2.20. The number of rotatable bonds is 7. The summed E-state index contributed by atoms with van der Waals surface area (Å²) in [5.41, 5.74) is 2.14. The standard InChI is InChI=1S/C18H21NO2S/c1-3-7-17(16-8-5-4-6-9-16)14-19-22(20,21)18-12-10-15(2)11-13-18/h3-6,8-13,17,19H,1,7,14H2,2H3/t17-/m1/s1. The topological polar surface area (TPSA) is 46.2 Å². The molecule has 0 bridgehead atoms. The van der Waals surface area contributed by atoms with Crippen molar-refractivity contribution in [3.63, 3.8) is 0 Å². The van der Waals surface area contributed by atoms with E-state index in [2.05, 4.69) is 11.3 Å². The zero-order valence-corrected chi connectivity index (χ0v) is 13.5. The molecule has 22 heavy (non-hydrogen) atoms. The molecule has 0 saturated carbocycles. The van der Waals surface area contributed by atoms with Gasteiger partial charge in [-0.05, 0) is 31.0 Å². The van der Waals surface area contributed by atoms with Crippen LogP contribution in [0.15, 0.2) is 72.1 Å². The fourth-order valence-electron chi connectivity index (χ4n) is 2.27. The van der Waals surface area contributed by atoms with Crippen LogP contribution in [0.3, 0.4) is 0 Å². The molecule has 0 spiro atoms. The highest BCUT2D eigenvalue weighted by atomic mass is 32.2. The van der Waals surface area contributed by atoms with Crippen LogP contribution in [0.4, 0.5) is 0 Å². The van der Waals surface area contributed by atoms with Crippen LogP contribution in [0.5, 0.6) is 0 Å². The van der Waals surface area contributed by atoms with Gasteiger partial charge in [0.05, 0.1) is 4.90 Å². The highest BCUT2D eigenvalue weighted by Gasteiger charge is 2.17. The van der Waals surface area contributed by atoms with Gasteiger partial charge in [0, 0.05) is 12.5 Å². The molecule has 0 radical (unpaired) electrons. The summed E-state index contributed by atoms with van der Waals surface area (Å²) in [5, 5.41) is 0. The molecule has 0 heterocycles. The number of nitrogens with one attached hydrogen (secondary N) is 1. The van der Waals surface area contributed by atoms with Crippen LogP contribution in [0, 0.1) is 6.92 Å². The lowest BCUT2D eigenvalue weighted by molar-refractivity contribution is 0.570. The average molecular weight is 315 g/mol. The third-order valence-corrected chi connectivity index (χ3v) is 5.01. The molecule has 0 saturated heterocycles. The average Bonchev–Trinajstić information content (AvgIpc) is 2.53. The Kier molecular flexibility index (Phi) is 5.52. The molecule has 0 unspecified atom stereocenters. The molecule has 0 aliphatic carbocycles. The fourth-order valence-corrected chi connectivity index (χ4v) is 3.36. The van der Waals surface area contributed by atoms with Crippen molar-refractivity contribution in [1.29, 1.82) is 0 Å². The Labute approximate surface area is 132 Å². The second-order valence-electron chi connectivity index (χ2n) is 5.30. The third kappa shape index (κ3) is 4.29. The van der Waals surface area contributed by atoms with Gasteiger partial charge in [0.1, 0.15) is 0 Å². The van der Waals surface area contributed by atoms with E-state index < -0.39 is 10.0 Å². The normalized spacial score (nSPS) is 12.8. The van der Waals surface area contributed by atoms with Gasteiger partial charge in [-0.1, -0.05) is 54.1 Å². The Morgan fingerprint density at radius 2 is 1.73 bits per heavy atom. The monoisotopic (exact) mass is 315 g/mol. The molecule has 2 aromatic rings. The van der Waals surface area contributed by atoms with E-state index in [4.69, 9.17) is 0 Å². The summed E-state index contributed by atoms with van der Waals surface area (Å²) in [4.78, 5) is 0.295. The first-order valence-corrected chi connectivity index (χ1v) is 8.73. The molecular formula is C18H21NO2S. The summed E-state index contributed by atoms with van der Waals surface area (Å²) in [6, 6.07) is 16.7. The maximum absolute atomic E-state index is 12.3. The molecule has 3 nitrogen and oxygen atoms in total. The van der Waals surface area contributed by atoms with Crippen LogP contribution in [0.25, 0.3) is 0 Å². The Morgan fingerprint density at radius 3 is 2.32 bits per heavy atom. The highest BCUT2D eigenvalue weighted by molar-refractivity contribution is 7.89. The van der Waals surface area contributed by atoms with Crippen molar-refractivity contribution in [3.8, 4) is 0 Å². The van der Waals surface area contributed by atoms with Crippen molar-refractivity contribution in [1.82, 2.24) is 4.72 Å². The number of hydrogen-bond acceptors (Lipinski definition) is 2. The van der Waals surface area contributed by atoms with Crippen LogP contribution < -0.4 is 4.72 Å². The maximum Gasteiger partial charge on any atom is 0.240 e. The van der Waals surface area contributed by atoms with Gasteiger partial charge >= 0.3 is 0 Å². The molecule has 0 amide bonds. The summed E-state index contributed by atoms with van der Waals surface area (Å²) in [6.07, 6.45) is 2.54. The van der Waals surface area contributed by atoms with Crippen molar-refractivity contribution >= 4 is 10.0 Å². The van der Waals surface area contributed by atoms with Crippen LogP contribution >= 0.6 is 0 Å². The van der Waals surface area contributed by atoms with E-state index in [1.165, 1.54) is 0 Å². The van der Waals surface area contributed by atoms with Gasteiger partial charge in [-0.25, -0.2) is 13.1 Å². The van der Waals surface area contributed by atoms with Crippen LogP contribution in [-0.2, 0) is 10.0 Å². The zero-order chi connectivity index (χ0) is 16.0. The predicted octanol–water partition coefficient (Wildman–Crippen LogP) is 3.63. The first-order valence-electron chi connectivity index (χ1n) is 7.25. The Hall–Kier alpha value is -1.91. The van der Waals surface area contributed by atoms with Crippen LogP contribution in [0.1, 0.15) is 23.5 Å². The first kappa shape index (κ1) is 16.5. The van der Waals surface area contributed by atoms with Crippen molar-refractivity contribution in [3.05, 3.63) is 78.4 Å². The third-order valence-electron chi connectivity index (χ3n) is 3.57. The lowest BCUT2D eigenvalue weighted by Gasteiger charge is -2.16. The lowest BCUT2D eigenvalue weighted by Crippen LogP contribution is -2.28.